The van der Waals surface area contributed by atoms with Crippen LogP contribution in [0.25, 0.3) is 0 Å². The Balaban J connectivity index is 2.98. The van der Waals surface area contributed by atoms with Gasteiger partial charge in [-0.2, -0.15) is 0 Å². The summed E-state index contributed by atoms with van der Waals surface area (Å²) in [5.41, 5.74) is 0.121. The minimum absolute atomic E-state index is 0.121. The Labute approximate surface area is 112 Å². The van der Waals surface area contributed by atoms with Gasteiger partial charge in [0.2, 0.25) is 0 Å². The van der Waals surface area contributed by atoms with Gasteiger partial charge in [-0.15, -0.1) is 0 Å². The molecule has 1 unspecified atom stereocenters. The molecule has 1 atom stereocenters. The minimum atomic E-state index is -1.26. The highest BCUT2D eigenvalue weighted by Crippen LogP contribution is 2.21. The Bertz CT molecular complexity index is 443. The minimum Gasteiger partial charge on any atom is -0.478 e. The first kappa shape index (κ1) is 14.4. The van der Waals surface area contributed by atoms with Crippen LogP contribution in [0.1, 0.15) is 30.6 Å². The van der Waals surface area contributed by atoms with E-state index in [1.165, 1.54) is 6.07 Å². The number of carboxylic acids is 1. The van der Waals surface area contributed by atoms with Gasteiger partial charge in [0.05, 0.1) is 21.3 Å². The largest absolute Gasteiger partial charge is 0.478 e. The number of benzene rings is 1. The molecule has 0 aliphatic heterocycles. The zero-order chi connectivity index (χ0) is 13.0. The summed E-state index contributed by atoms with van der Waals surface area (Å²) >= 11 is 3.27. The second-order valence-electron chi connectivity index (χ2n) is 4.18. The van der Waals surface area contributed by atoms with Crippen LogP contribution in [-0.4, -0.2) is 21.0 Å². The van der Waals surface area contributed by atoms with E-state index in [0.717, 1.165) is 10.9 Å². The lowest BCUT2D eigenvalue weighted by molar-refractivity contribution is 0.0693. The molecule has 94 valence electrons. The first-order chi connectivity index (χ1) is 7.91. The van der Waals surface area contributed by atoms with Crippen LogP contribution in [0.15, 0.2) is 27.6 Å². The van der Waals surface area contributed by atoms with Crippen LogP contribution in [0.3, 0.4) is 0 Å². The van der Waals surface area contributed by atoms with Gasteiger partial charge in [0, 0.05) is 10.2 Å². The van der Waals surface area contributed by atoms with E-state index < -0.39 is 16.8 Å². The van der Waals surface area contributed by atoms with E-state index in [0.29, 0.717) is 16.6 Å². The van der Waals surface area contributed by atoms with Crippen LogP contribution in [0, 0.1) is 5.92 Å². The third-order valence-electron chi connectivity index (χ3n) is 2.30. The molecular formula is C12H15BrO3S. The fourth-order valence-corrected chi connectivity index (χ4v) is 3.39. The Morgan fingerprint density at radius 2 is 2.12 bits per heavy atom. The summed E-state index contributed by atoms with van der Waals surface area (Å²) in [5.74, 6) is -0.0845. The van der Waals surface area contributed by atoms with Crippen LogP contribution < -0.4 is 0 Å². The van der Waals surface area contributed by atoms with Crippen molar-refractivity contribution in [1.29, 1.82) is 0 Å². The molecule has 3 nitrogen and oxygen atoms in total. The number of hydrogen-bond acceptors (Lipinski definition) is 2. The molecule has 0 aliphatic rings. The van der Waals surface area contributed by atoms with Gasteiger partial charge in [-0.05, 0) is 30.5 Å². The number of aromatic carboxylic acids is 1. The van der Waals surface area contributed by atoms with E-state index in [4.69, 9.17) is 5.11 Å². The van der Waals surface area contributed by atoms with Crippen molar-refractivity contribution in [2.45, 2.75) is 25.2 Å². The van der Waals surface area contributed by atoms with Crippen LogP contribution in [0.5, 0.6) is 0 Å². The van der Waals surface area contributed by atoms with Gasteiger partial charge in [-0.3, -0.25) is 4.21 Å². The van der Waals surface area contributed by atoms with Crippen molar-refractivity contribution in [2.24, 2.45) is 5.92 Å². The second kappa shape index (κ2) is 6.31. The highest BCUT2D eigenvalue weighted by molar-refractivity contribution is 9.10. The van der Waals surface area contributed by atoms with E-state index in [2.05, 4.69) is 29.8 Å². The average Bonchev–Trinajstić information content (AvgIpc) is 2.25. The van der Waals surface area contributed by atoms with E-state index in [-0.39, 0.29) is 5.56 Å². The maximum absolute atomic E-state index is 12.1. The predicted octanol–water partition coefficient (Wildman–Crippen LogP) is 3.30. The first-order valence-corrected chi connectivity index (χ1v) is 7.44. The van der Waals surface area contributed by atoms with Gasteiger partial charge in [0.15, 0.2) is 0 Å². The summed E-state index contributed by atoms with van der Waals surface area (Å²) in [6.07, 6.45) is 0.818. The van der Waals surface area contributed by atoms with Crippen LogP contribution in [0.2, 0.25) is 0 Å². The van der Waals surface area contributed by atoms with Crippen molar-refractivity contribution in [3.63, 3.8) is 0 Å². The fraction of sp³-hybridized carbons (Fsp3) is 0.417. The first-order valence-electron chi connectivity index (χ1n) is 5.33. The van der Waals surface area contributed by atoms with Gasteiger partial charge in [-0.1, -0.05) is 29.8 Å². The van der Waals surface area contributed by atoms with E-state index in [1.807, 2.05) is 0 Å². The van der Waals surface area contributed by atoms with Gasteiger partial charge < -0.3 is 5.11 Å². The van der Waals surface area contributed by atoms with Crippen molar-refractivity contribution in [3.8, 4) is 0 Å². The molecule has 1 aromatic rings. The standard InChI is InChI=1S/C12H15BrO3S/c1-8(2)5-6-17(16)11-7-9(13)3-4-10(11)12(14)15/h3-4,7-8H,5-6H2,1-2H3,(H,14,15). The van der Waals surface area contributed by atoms with E-state index in [1.54, 1.807) is 12.1 Å². The fourth-order valence-electron chi connectivity index (χ4n) is 1.31. The molecule has 0 radical (unpaired) electrons. The van der Waals surface area contributed by atoms with Crippen LogP contribution in [0.4, 0.5) is 0 Å². The highest BCUT2D eigenvalue weighted by atomic mass is 79.9. The van der Waals surface area contributed by atoms with Gasteiger partial charge in [0.25, 0.3) is 0 Å². The molecule has 0 bridgehead atoms. The SMILES string of the molecule is CC(C)CCS(=O)c1cc(Br)ccc1C(=O)O. The third kappa shape index (κ3) is 4.24. The van der Waals surface area contributed by atoms with Crippen LogP contribution in [-0.2, 0) is 10.8 Å². The maximum Gasteiger partial charge on any atom is 0.336 e. The lowest BCUT2D eigenvalue weighted by Crippen LogP contribution is -2.08. The predicted molar refractivity (Wildman–Crippen MR) is 71.8 cm³/mol. The third-order valence-corrected chi connectivity index (χ3v) is 4.23. The molecule has 0 aliphatic carbocycles. The van der Waals surface area contributed by atoms with Crippen molar-refractivity contribution >= 4 is 32.7 Å². The number of rotatable bonds is 5. The second-order valence-corrected chi connectivity index (χ2v) is 6.63. The number of hydrogen-bond donors (Lipinski definition) is 1. The maximum atomic E-state index is 12.1. The van der Waals surface area contributed by atoms with Crippen molar-refractivity contribution in [3.05, 3.63) is 28.2 Å². The molecule has 1 rings (SSSR count). The molecule has 0 saturated carbocycles. The van der Waals surface area contributed by atoms with Gasteiger partial charge >= 0.3 is 5.97 Å². The quantitative estimate of drug-likeness (QED) is 0.906. The molecule has 5 heteroatoms. The molecule has 0 spiro atoms. The molecule has 1 aromatic carbocycles. The Morgan fingerprint density at radius 1 is 1.47 bits per heavy atom. The topological polar surface area (TPSA) is 54.4 Å². The summed E-state index contributed by atoms with van der Waals surface area (Å²) in [5, 5.41) is 9.03. The van der Waals surface area contributed by atoms with Crippen molar-refractivity contribution < 1.29 is 14.1 Å². The Hall–Kier alpha value is -0.680. The number of carboxylic acid groups (broad SMARTS) is 1. The summed E-state index contributed by atoms with van der Waals surface area (Å²) in [6, 6.07) is 4.75. The summed E-state index contributed by atoms with van der Waals surface area (Å²) < 4.78 is 12.8. The lowest BCUT2D eigenvalue weighted by atomic mass is 10.2. The Morgan fingerprint density at radius 3 is 2.65 bits per heavy atom. The molecule has 0 aromatic heterocycles. The molecule has 17 heavy (non-hydrogen) atoms. The Kier molecular flexibility index (Phi) is 5.33. The number of halogens is 1. The summed E-state index contributed by atoms with van der Waals surface area (Å²) in [6.45, 7) is 4.10. The van der Waals surface area contributed by atoms with E-state index >= 15 is 0 Å². The highest BCUT2D eigenvalue weighted by Gasteiger charge is 2.15. The van der Waals surface area contributed by atoms with Crippen molar-refractivity contribution in [2.75, 3.05) is 5.75 Å². The summed E-state index contributed by atoms with van der Waals surface area (Å²) in [7, 11) is -1.26. The molecular weight excluding hydrogens is 304 g/mol. The lowest BCUT2D eigenvalue weighted by Gasteiger charge is -2.08. The van der Waals surface area contributed by atoms with Crippen molar-refractivity contribution in [1.82, 2.24) is 0 Å². The average molecular weight is 319 g/mol. The normalized spacial score (nSPS) is 12.7. The zero-order valence-corrected chi connectivity index (χ0v) is 12.2. The number of carbonyl (C=O) groups is 1. The van der Waals surface area contributed by atoms with E-state index in [9.17, 15) is 9.00 Å². The van der Waals surface area contributed by atoms with Crippen LogP contribution >= 0.6 is 15.9 Å². The molecule has 0 saturated heterocycles. The molecule has 0 amide bonds. The molecule has 0 heterocycles. The molecule has 0 fully saturated rings. The summed E-state index contributed by atoms with van der Waals surface area (Å²) in [4.78, 5) is 11.4. The zero-order valence-electron chi connectivity index (χ0n) is 9.77. The van der Waals surface area contributed by atoms with Gasteiger partial charge in [0.1, 0.15) is 0 Å². The smallest absolute Gasteiger partial charge is 0.336 e. The van der Waals surface area contributed by atoms with Gasteiger partial charge in [-0.25, -0.2) is 4.79 Å². The monoisotopic (exact) mass is 318 g/mol. The molecule has 1 N–H and O–H groups in total.